The number of benzene rings is 1. The van der Waals surface area contributed by atoms with Gasteiger partial charge in [0.25, 0.3) is 0 Å². The van der Waals surface area contributed by atoms with E-state index in [1.165, 1.54) is 0 Å². The van der Waals surface area contributed by atoms with E-state index in [0.29, 0.717) is 6.42 Å². The number of aliphatic hydroxyl groups excluding tert-OH is 1. The van der Waals surface area contributed by atoms with E-state index in [0.717, 1.165) is 21.5 Å². The lowest BCUT2D eigenvalue weighted by Gasteiger charge is -2.17. The monoisotopic (exact) mass is 338 g/mol. The van der Waals surface area contributed by atoms with E-state index in [9.17, 15) is 5.11 Å². The molecule has 0 radical (unpaired) electrons. The first-order valence-corrected chi connectivity index (χ1v) is 7.36. The topological polar surface area (TPSA) is 47.3 Å². The Bertz CT molecular complexity index is 581. The molecule has 0 saturated carbocycles. The Hall–Kier alpha value is -1.33. The molecule has 1 unspecified atom stereocenters. The molecule has 5 heteroatoms. The summed E-state index contributed by atoms with van der Waals surface area (Å²) in [4.78, 5) is 0. The third-order valence-corrected chi connectivity index (χ3v) is 3.77. The molecule has 20 heavy (non-hydrogen) atoms. The smallest absolute Gasteiger partial charge is 0.119 e. The van der Waals surface area contributed by atoms with E-state index >= 15 is 0 Å². The van der Waals surface area contributed by atoms with Gasteiger partial charge in [0.1, 0.15) is 11.9 Å². The quantitative estimate of drug-likeness (QED) is 0.907. The summed E-state index contributed by atoms with van der Waals surface area (Å²) in [6, 6.07) is 7.94. The van der Waals surface area contributed by atoms with Gasteiger partial charge in [0.05, 0.1) is 23.5 Å². The molecule has 0 amide bonds. The molecule has 0 fully saturated rings. The molecular formula is C15H19BrN2O2. The van der Waals surface area contributed by atoms with Gasteiger partial charge in [0.2, 0.25) is 0 Å². The summed E-state index contributed by atoms with van der Waals surface area (Å²) in [5, 5.41) is 14.8. The summed E-state index contributed by atoms with van der Waals surface area (Å²) in [6.45, 7) is 4.09. The first-order chi connectivity index (χ1) is 9.52. The van der Waals surface area contributed by atoms with Crippen LogP contribution in [0.15, 0.2) is 34.9 Å². The summed E-state index contributed by atoms with van der Waals surface area (Å²) < 4.78 is 7.88. The maximum absolute atomic E-state index is 10.5. The van der Waals surface area contributed by atoms with Crippen LogP contribution in [0, 0.1) is 0 Å². The van der Waals surface area contributed by atoms with Crippen molar-refractivity contribution in [1.82, 2.24) is 9.78 Å². The van der Waals surface area contributed by atoms with Crippen molar-refractivity contribution in [2.24, 2.45) is 0 Å². The van der Waals surface area contributed by atoms with Gasteiger partial charge < -0.3 is 9.84 Å². The zero-order valence-electron chi connectivity index (χ0n) is 11.9. The molecule has 0 spiro atoms. The Balaban J connectivity index is 2.23. The Morgan fingerprint density at radius 3 is 2.80 bits per heavy atom. The summed E-state index contributed by atoms with van der Waals surface area (Å²) in [6.07, 6.45) is 1.64. The first kappa shape index (κ1) is 15.1. The number of aliphatic hydroxyl groups is 1. The molecule has 2 rings (SSSR count). The average Bonchev–Trinajstić information content (AvgIpc) is 2.81. The van der Waals surface area contributed by atoms with Gasteiger partial charge in [-0.05, 0) is 47.5 Å². The van der Waals surface area contributed by atoms with Crippen LogP contribution >= 0.6 is 15.9 Å². The average molecular weight is 339 g/mol. The van der Waals surface area contributed by atoms with Gasteiger partial charge in [-0.25, -0.2) is 0 Å². The first-order valence-electron chi connectivity index (χ1n) is 6.56. The number of hydrogen-bond donors (Lipinski definition) is 1. The van der Waals surface area contributed by atoms with Gasteiger partial charge in [-0.1, -0.05) is 12.1 Å². The van der Waals surface area contributed by atoms with Crippen LogP contribution in [0.3, 0.4) is 0 Å². The van der Waals surface area contributed by atoms with E-state index in [4.69, 9.17) is 4.74 Å². The van der Waals surface area contributed by atoms with Crippen LogP contribution in [0.2, 0.25) is 0 Å². The highest BCUT2D eigenvalue weighted by Crippen LogP contribution is 2.28. The normalized spacial score (nSPS) is 12.7. The number of hydrogen-bond acceptors (Lipinski definition) is 3. The third kappa shape index (κ3) is 3.22. The van der Waals surface area contributed by atoms with Crippen LogP contribution in [0.5, 0.6) is 5.75 Å². The van der Waals surface area contributed by atoms with Gasteiger partial charge in [0.15, 0.2) is 0 Å². The van der Waals surface area contributed by atoms with Crippen molar-refractivity contribution in [2.45, 2.75) is 32.4 Å². The molecule has 0 aliphatic carbocycles. The minimum Gasteiger partial charge on any atom is -0.497 e. The maximum atomic E-state index is 10.5. The predicted molar refractivity (Wildman–Crippen MR) is 82.0 cm³/mol. The van der Waals surface area contributed by atoms with E-state index in [2.05, 4.69) is 21.0 Å². The molecule has 1 atom stereocenters. The number of aromatic nitrogens is 2. The van der Waals surface area contributed by atoms with Crippen molar-refractivity contribution in [3.63, 3.8) is 0 Å². The SMILES string of the molecule is COc1cccc(CC(O)c2c(Br)cnn2C(C)C)c1. The predicted octanol–water partition coefficient (Wildman–Crippen LogP) is 3.51. The highest BCUT2D eigenvalue weighted by Gasteiger charge is 2.19. The fraction of sp³-hybridized carbons (Fsp3) is 0.400. The fourth-order valence-corrected chi connectivity index (χ4v) is 2.73. The summed E-state index contributed by atoms with van der Waals surface area (Å²) in [7, 11) is 1.64. The van der Waals surface area contributed by atoms with Crippen molar-refractivity contribution < 1.29 is 9.84 Å². The van der Waals surface area contributed by atoms with Crippen molar-refractivity contribution in [3.05, 3.63) is 46.2 Å². The van der Waals surface area contributed by atoms with Gasteiger partial charge in [-0.3, -0.25) is 4.68 Å². The minimum atomic E-state index is -0.610. The fourth-order valence-electron chi connectivity index (χ4n) is 2.19. The van der Waals surface area contributed by atoms with E-state index < -0.39 is 6.10 Å². The Morgan fingerprint density at radius 2 is 2.15 bits per heavy atom. The van der Waals surface area contributed by atoms with E-state index in [-0.39, 0.29) is 6.04 Å². The van der Waals surface area contributed by atoms with Crippen LogP contribution in [-0.4, -0.2) is 22.0 Å². The van der Waals surface area contributed by atoms with E-state index in [1.54, 1.807) is 13.3 Å². The number of halogens is 1. The largest absolute Gasteiger partial charge is 0.497 e. The van der Waals surface area contributed by atoms with Crippen LogP contribution in [0.4, 0.5) is 0 Å². The maximum Gasteiger partial charge on any atom is 0.119 e. The molecular weight excluding hydrogens is 320 g/mol. The Morgan fingerprint density at radius 1 is 1.40 bits per heavy atom. The van der Waals surface area contributed by atoms with Gasteiger partial charge in [-0.2, -0.15) is 5.10 Å². The second-order valence-corrected chi connectivity index (χ2v) is 5.84. The molecule has 1 aromatic carbocycles. The lowest BCUT2D eigenvalue weighted by Crippen LogP contribution is -2.13. The molecule has 0 aliphatic heterocycles. The van der Waals surface area contributed by atoms with Gasteiger partial charge in [0, 0.05) is 12.5 Å². The van der Waals surface area contributed by atoms with Gasteiger partial charge >= 0.3 is 0 Å². The zero-order chi connectivity index (χ0) is 14.7. The van der Waals surface area contributed by atoms with Crippen LogP contribution < -0.4 is 4.74 Å². The Labute approximate surface area is 127 Å². The lowest BCUT2D eigenvalue weighted by molar-refractivity contribution is 0.164. The number of nitrogens with zero attached hydrogens (tertiary/aromatic N) is 2. The molecule has 1 heterocycles. The second-order valence-electron chi connectivity index (χ2n) is 4.99. The third-order valence-electron chi connectivity index (χ3n) is 3.15. The molecule has 2 aromatic rings. The lowest BCUT2D eigenvalue weighted by atomic mass is 10.1. The molecule has 1 aromatic heterocycles. The number of ether oxygens (including phenoxy) is 1. The summed E-state index contributed by atoms with van der Waals surface area (Å²) >= 11 is 3.46. The summed E-state index contributed by atoms with van der Waals surface area (Å²) in [5.74, 6) is 0.797. The molecule has 0 bridgehead atoms. The van der Waals surface area contributed by atoms with Crippen LogP contribution in [-0.2, 0) is 6.42 Å². The highest BCUT2D eigenvalue weighted by atomic mass is 79.9. The second kappa shape index (κ2) is 6.41. The van der Waals surface area contributed by atoms with Crippen molar-refractivity contribution >= 4 is 15.9 Å². The molecule has 108 valence electrons. The van der Waals surface area contributed by atoms with Crippen LogP contribution in [0.1, 0.15) is 37.3 Å². The molecule has 0 saturated heterocycles. The van der Waals surface area contributed by atoms with E-state index in [1.807, 2.05) is 42.8 Å². The number of rotatable bonds is 5. The summed E-state index contributed by atoms with van der Waals surface area (Å²) in [5.41, 5.74) is 1.84. The zero-order valence-corrected chi connectivity index (χ0v) is 13.5. The van der Waals surface area contributed by atoms with Crippen molar-refractivity contribution in [2.75, 3.05) is 7.11 Å². The van der Waals surface area contributed by atoms with Gasteiger partial charge in [-0.15, -0.1) is 0 Å². The van der Waals surface area contributed by atoms with Crippen molar-refractivity contribution in [1.29, 1.82) is 0 Å². The minimum absolute atomic E-state index is 0.205. The molecule has 4 nitrogen and oxygen atoms in total. The Kier molecular flexibility index (Phi) is 4.83. The van der Waals surface area contributed by atoms with Crippen molar-refractivity contribution in [3.8, 4) is 5.75 Å². The molecule has 1 N–H and O–H groups in total. The molecule has 0 aliphatic rings. The van der Waals surface area contributed by atoms with Crippen LogP contribution in [0.25, 0.3) is 0 Å². The standard InChI is InChI=1S/C15H19BrN2O2/c1-10(2)18-15(13(16)9-17-18)14(19)8-11-5-4-6-12(7-11)20-3/h4-7,9-10,14,19H,8H2,1-3H3. The highest BCUT2D eigenvalue weighted by molar-refractivity contribution is 9.10. The number of methoxy groups -OCH3 is 1.